The van der Waals surface area contributed by atoms with Crippen LogP contribution in [-0.2, 0) is 4.79 Å². The first-order valence-electron chi connectivity index (χ1n) is 8.81. The van der Waals surface area contributed by atoms with Crippen LogP contribution in [0.3, 0.4) is 0 Å². The molecule has 0 aliphatic carbocycles. The van der Waals surface area contributed by atoms with Gasteiger partial charge < -0.3 is 10.3 Å². The molecule has 0 bridgehead atoms. The highest BCUT2D eigenvalue weighted by atomic mass is 35.5. The van der Waals surface area contributed by atoms with E-state index in [1.165, 1.54) is 0 Å². The normalized spacial score (nSPS) is 16.2. The van der Waals surface area contributed by atoms with Gasteiger partial charge in [-0.25, -0.2) is 4.98 Å². The third kappa shape index (κ3) is 2.60. The summed E-state index contributed by atoms with van der Waals surface area (Å²) in [5, 5.41) is 8.53. The molecule has 0 saturated carbocycles. The maximum Gasteiger partial charge on any atom is 0.231 e. The second-order valence-corrected chi connectivity index (χ2v) is 7.57. The number of amides is 1. The largest absolute Gasteiger partial charge is 0.322 e. The average Bonchev–Trinajstić information content (AvgIpc) is 3.24. The Labute approximate surface area is 170 Å². The molecule has 8 heteroatoms. The van der Waals surface area contributed by atoms with Crippen molar-refractivity contribution in [3.63, 3.8) is 0 Å². The fourth-order valence-electron chi connectivity index (χ4n) is 3.80. The molecule has 0 spiro atoms. The predicted molar refractivity (Wildman–Crippen MR) is 110 cm³/mol. The van der Waals surface area contributed by atoms with Crippen molar-refractivity contribution in [3.8, 4) is 5.95 Å². The van der Waals surface area contributed by atoms with Crippen molar-refractivity contribution in [1.82, 2.24) is 19.7 Å². The zero-order chi connectivity index (χ0) is 19.4. The maximum atomic E-state index is 12.5. The van der Waals surface area contributed by atoms with Crippen molar-refractivity contribution in [1.29, 1.82) is 0 Å². The summed E-state index contributed by atoms with van der Waals surface area (Å²) in [6.45, 7) is 1.92. The van der Waals surface area contributed by atoms with Crippen molar-refractivity contribution in [2.45, 2.75) is 19.3 Å². The van der Waals surface area contributed by atoms with Crippen molar-refractivity contribution >= 4 is 46.0 Å². The molecule has 3 heterocycles. The molecular formula is C20H15Cl2N5O. The van der Waals surface area contributed by atoms with Crippen molar-refractivity contribution in [2.24, 2.45) is 0 Å². The number of hydrogen-bond donors (Lipinski definition) is 2. The van der Waals surface area contributed by atoms with Crippen molar-refractivity contribution in [2.75, 3.05) is 5.32 Å². The van der Waals surface area contributed by atoms with Crippen LogP contribution in [0.5, 0.6) is 0 Å². The van der Waals surface area contributed by atoms with E-state index >= 15 is 0 Å². The van der Waals surface area contributed by atoms with Gasteiger partial charge in [-0.3, -0.25) is 4.79 Å². The lowest BCUT2D eigenvalue weighted by Gasteiger charge is -2.25. The number of anilines is 1. The summed E-state index contributed by atoms with van der Waals surface area (Å²) in [6, 6.07) is 13.2. The number of halogens is 2. The number of benzene rings is 2. The van der Waals surface area contributed by atoms with Crippen LogP contribution in [0, 0.1) is 6.92 Å². The van der Waals surface area contributed by atoms with Crippen LogP contribution in [-0.4, -0.2) is 25.7 Å². The fraction of sp³-hybridized carbons (Fsp3) is 0.150. The molecule has 1 aliphatic heterocycles. The van der Waals surface area contributed by atoms with E-state index in [-0.39, 0.29) is 18.2 Å². The third-order valence-corrected chi connectivity index (χ3v) is 5.87. The molecule has 1 aliphatic rings. The number of carbonyl (C=O) groups excluding carboxylic acids is 1. The molecule has 2 N–H and O–H groups in total. The quantitative estimate of drug-likeness (QED) is 0.495. The molecule has 6 nitrogen and oxygen atoms in total. The first-order valence-corrected chi connectivity index (χ1v) is 9.57. The Bertz CT molecular complexity index is 1210. The summed E-state index contributed by atoms with van der Waals surface area (Å²) in [5.41, 5.74) is 4.27. The molecule has 0 radical (unpaired) electrons. The van der Waals surface area contributed by atoms with Crippen LogP contribution in [0.4, 0.5) is 5.82 Å². The van der Waals surface area contributed by atoms with Crippen LogP contribution < -0.4 is 5.32 Å². The van der Waals surface area contributed by atoms with Crippen molar-refractivity contribution < 1.29 is 4.79 Å². The summed E-state index contributed by atoms with van der Waals surface area (Å²) in [7, 11) is 0. The fourth-order valence-corrected chi connectivity index (χ4v) is 4.23. The highest BCUT2D eigenvalue weighted by Crippen LogP contribution is 2.43. The molecule has 2 aromatic carbocycles. The average molecular weight is 412 g/mol. The van der Waals surface area contributed by atoms with Gasteiger partial charge in [-0.1, -0.05) is 47.5 Å². The third-order valence-electron chi connectivity index (χ3n) is 5.04. The zero-order valence-electron chi connectivity index (χ0n) is 14.8. The van der Waals surface area contributed by atoms with Crippen molar-refractivity contribution in [3.05, 3.63) is 69.3 Å². The molecule has 5 rings (SSSR count). The van der Waals surface area contributed by atoms with Gasteiger partial charge >= 0.3 is 0 Å². The number of aryl methyl sites for hydroxylation is 1. The molecule has 0 saturated heterocycles. The molecule has 4 aromatic rings. The summed E-state index contributed by atoms with van der Waals surface area (Å²) < 4.78 is 1.65. The summed E-state index contributed by atoms with van der Waals surface area (Å²) >= 11 is 12.7. The van der Waals surface area contributed by atoms with Gasteiger partial charge in [0.25, 0.3) is 0 Å². The van der Waals surface area contributed by atoms with Crippen LogP contribution in [0.25, 0.3) is 17.0 Å². The Hall–Kier alpha value is -2.83. The number of carbonyl (C=O) groups is 1. The van der Waals surface area contributed by atoms with Gasteiger partial charge in [0.2, 0.25) is 11.9 Å². The Morgan fingerprint density at radius 1 is 1.14 bits per heavy atom. The molecule has 1 atom stereocenters. The van der Waals surface area contributed by atoms with Gasteiger partial charge in [-0.05, 0) is 30.7 Å². The predicted octanol–water partition coefficient (Wildman–Crippen LogP) is 4.84. The van der Waals surface area contributed by atoms with Gasteiger partial charge in [-0.15, -0.1) is 0 Å². The monoisotopic (exact) mass is 411 g/mol. The highest BCUT2D eigenvalue weighted by molar-refractivity contribution is 6.42. The molecule has 2 aromatic heterocycles. The number of H-pyrrole nitrogens is 1. The maximum absolute atomic E-state index is 12.5. The number of aromatic amines is 1. The minimum atomic E-state index is -0.229. The number of nitrogens with zero attached hydrogens (tertiary/aromatic N) is 3. The van der Waals surface area contributed by atoms with E-state index in [9.17, 15) is 4.79 Å². The lowest BCUT2D eigenvalue weighted by Crippen LogP contribution is -2.25. The second kappa shape index (κ2) is 6.36. The van der Waals surface area contributed by atoms with Gasteiger partial charge in [0.1, 0.15) is 5.82 Å². The van der Waals surface area contributed by atoms with Crippen LogP contribution in [0.15, 0.2) is 42.5 Å². The number of imidazole rings is 1. The smallest absolute Gasteiger partial charge is 0.231 e. The van der Waals surface area contributed by atoms with Gasteiger partial charge in [-0.2, -0.15) is 9.78 Å². The van der Waals surface area contributed by atoms with Gasteiger partial charge in [0.15, 0.2) is 0 Å². The molecular weight excluding hydrogens is 397 g/mol. The van der Waals surface area contributed by atoms with Crippen LogP contribution in [0.2, 0.25) is 10.0 Å². The first kappa shape index (κ1) is 17.3. The summed E-state index contributed by atoms with van der Waals surface area (Å²) in [4.78, 5) is 20.4. The summed E-state index contributed by atoms with van der Waals surface area (Å²) in [6.07, 6.45) is 0.278. The SMILES string of the molecule is Cc1nn(-c2nc3ccccc3[nH]2)c2c1[C@@H](c1cccc(Cl)c1Cl)CC(=O)N2. The topological polar surface area (TPSA) is 75.6 Å². The van der Waals surface area contributed by atoms with Gasteiger partial charge in [0.05, 0.1) is 26.8 Å². The molecule has 28 heavy (non-hydrogen) atoms. The Balaban J connectivity index is 1.70. The Morgan fingerprint density at radius 2 is 1.96 bits per heavy atom. The Kier molecular flexibility index (Phi) is 3.92. The van der Waals surface area contributed by atoms with Crippen LogP contribution >= 0.6 is 23.2 Å². The lowest BCUT2D eigenvalue weighted by molar-refractivity contribution is -0.116. The minimum Gasteiger partial charge on any atom is -0.322 e. The van der Waals surface area contributed by atoms with Crippen LogP contribution in [0.1, 0.15) is 29.2 Å². The van der Waals surface area contributed by atoms with E-state index in [0.717, 1.165) is 27.9 Å². The number of hydrogen-bond acceptors (Lipinski definition) is 3. The second-order valence-electron chi connectivity index (χ2n) is 6.78. The number of aromatic nitrogens is 4. The van der Waals surface area contributed by atoms with E-state index in [1.54, 1.807) is 10.7 Å². The standard InChI is InChI=1S/C20H15Cl2N5O/c1-10-17-12(11-5-4-6-13(21)18(11)22)9-16(28)25-19(17)27(26-10)20-23-14-7-2-3-8-15(14)24-20/h2-8,12H,9H2,1H3,(H,23,24)(H,25,28)/t12-/m1/s1. The van der Waals surface area contributed by atoms with E-state index in [4.69, 9.17) is 23.2 Å². The minimum absolute atomic E-state index is 0.106. The van der Waals surface area contributed by atoms with E-state index in [0.29, 0.717) is 21.8 Å². The first-order chi connectivity index (χ1) is 13.5. The van der Waals surface area contributed by atoms with E-state index < -0.39 is 0 Å². The van der Waals surface area contributed by atoms with E-state index in [1.807, 2.05) is 43.3 Å². The Morgan fingerprint density at radius 3 is 2.79 bits per heavy atom. The molecule has 140 valence electrons. The number of rotatable bonds is 2. The number of para-hydroxylation sites is 2. The summed E-state index contributed by atoms with van der Waals surface area (Å²) in [5.74, 6) is 0.816. The zero-order valence-corrected chi connectivity index (χ0v) is 16.3. The lowest BCUT2D eigenvalue weighted by atomic mass is 9.86. The van der Waals surface area contributed by atoms with Gasteiger partial charge in [0, 0.05) is 17.9 Å². The number of fused-ring (bicyclic) bond motifs is 2. The highest BCUT2D eigenvalue weighted by Gasteiger charge is 2.34. The number of nitrogens with one attached hydrogen (secondary N) is 2. The molecule has 1 amide bonds. The van der Waals surface area contributed by atoms with E-state index in [2.05, 4.69) is 20.4 Å². The molecule has 0 fully saturated rings. The molecule has 0 unspecified atom stereocenters.